The summed E-state index contributed by atoms with van der Waals surface area (Å²) in [5.41, 5.74) is 9.01. The van der Waals surface area contributed by atoms with Crippen molar-refractivity contribution in [1.29, 1.82) is 0 Å². The minimum Gasteiger partial charge on any atom is -0.372 e. The summed E-state index contributed by atoms with van der Waals surface area (Å²) < 4.78 is 2.35. The summed E-state index contributed by atoms with van der Waals surface area (Å²) in [6.45, 7) is 17.5. The standard InChI is InChI=1S/C37H45ClN6S/c1-7-41(8-2)28-12-14-29(15-13-28)43-26(5)20-31(27(43)6)36-35(33-11-9-10-18-39-33)40-37(45)44(36)30-16-17-34(32(38)21-30)42-22-24(3)19-25(4)23-42/h9-18,20-21,24-25,35-36H,7-8,19,22-23H2,1-6H3,(H,40,45). The number of piperidine rings is 1. The first-order valence-electron chi connectivity index (χ1n) is 16.3. The van der Waals surface area contributed by atoms with Crippen LogP contribution in [-0.2, 0) is 0 Å². The van der Waals surface area contributed by atoms with Gasteiger partial charge in [-0.3, -0.25) is 4.98 Å². The molecule has 0 radical (unpaired) electrons. The second kappa shape index (κ2) is 13.1. The molecule has 2 aromatic carbocycles. The molecule has 0 amide bonds. The molecular formula is C37H45ClN6S. The maximum absolute atomic E-state index is 7.08. The van der Waals surface area contributed by atoms with Gasteiger partial charge in [0.25, 0.3) is 0 Å². The summed E-state index contributed by atoms with van der Waals surface area (Å²) >= 11 is 13.1. The normalized spacial score (nSPS) is 21.7. The number of aromatic nitrogens is 2. The van der Waals surface area contributed by atoms with Crippen molar-refractivity contribution >= 4 is 46.0 Å². The molecule has 4 unspecified atom stereocenters. The van der Waals surface area contributed by atoms with Crippen LogP contribution < -0.4 is 20.0 Å². The van der Waals surface area contributed by atoms with Gasteiger partial charge in [-0.1, -0.05) is 31.5 Å². The zero-order valence-electron chi connectivity index (χ0n) is 27.3. The van der Waals surface area contributed by atoms with Gasteiger partial charge in [0.2, 0.25) is 0 Å². The zero-order chi connectivity index (χ0) is 31.8. The van der Waals surface area contributed by atoms with Crippen LogP contribution >= 0.6 is 23.8 Å². The first kappa shape index (κ1) is 31.4. The fraction of sp³-hybridized carbons (Fsp3) is 0.405. The predicted molar refractivity (Wildman–Crippen MR) is 193 cm³/mol. The quantitative estimate of drug-likeness (QED) is 0.194. The Balaban J connectivity index is 1.41. The molecule has 4 heterocycles. The van der Waals surface area contributed by atoms with Crippen LogP contribution in [0.2, 0.25) is 5.02 Å². The number of hydrogen-bond acceptors (Lipinski definition) is 4. The van der Waals surface area contributed by atoms with E-state index in [0.717, 1.165) is 54.0 Å². The fourth-order valence-electron chi connectivity index (χ4n) is 7.60. The molecule has 0 saturated carbocycles. The van der Waals surface area contributed by atoms with Crippen molar-refractivity contribution in [3.8, 4) is 5.69 Å². The van der Waals surface area contributed by atoms with E-state index in [0.29, 0.717) is 16.9 Å². The van der Waals surface area contributed by atoms with Crippen molar-refractivity contribution in [3.63, 3.8) is 0 Å². The van der Waals surface area contributed by atoms with E-state index in [1.54, 1.807) is 0 Å². The van der Waals surface area contributed by atoms with Crippen LogP contribution in [0.15, 0.2) is 72.9 Å². The molecule has 0 bridgehead atoms. The molecule has 2 saturated heterocycles. The van der Waals surface area contributed by atoms with Crippen LogP contribution in [0.5, 0.6) is 0 Å². The monoisotopic (exact) mass is 640 g/mol. The predicted octanol–water partition coefficient (Wildman–Crippen LogP) is 8.65. The van der Waals surface area contributed by atoms with Gasteiger partial charge in [-0.05, 0) is 124 Å². The van der Waals surface area contributed by atoms with Gasteiger partial charge in [-0.15, -0.1) is 0 Å². The summed E-state index contributed by atoms with van der Waals surface area (Å²) in [5, 5.41) is 5.07. The van der Waals surface area contributed by atoms with Crippen LogP contribution in [0.25, 0.3) is 5.69 Å². The Labute approximate surface area is 279 Å². The van der Waals surface area contributed by atoms with Crippen molar-refractivity contribution in [2.45, 2.75) is 60.0 Å². The number of benzene rings is 2. The Morgan fingerprint density at radius 3 is 2.24 bits per heavy atom. The highest BCUT2D eigenvalue weighted by molar-refractivity contribution is 7.80. The number of pyridine rings is 1. The largest absolute Gasteiger partial charge is 0.372 e. The van der Waals surface area contributed by atoms with Crippen LogP contribution in [0.4, 0.5) is 17.1 Å². The lowest BCUT2D eigenvalue weighted by Crippen LogP contribution is -2.38. The average Bonchev–Trinajstić information content (AvgIpc) is 3.52. The molecule has 6 nitrogen and oxygen atoms in total. The summed E-state index contributed by atoms with van der Waals surface area (Å²) in [4.78, 5) is 11.8. The Bertz CT molecular complexity index is 1640. The lowest BCUT2D eigenvalue weighted by Gasteiger charge is -2.37. The molecule has 8 heteroatoms. The molecular weight excluding hydrogens is 596 g/mol. The number of halogens is 1. The van der Waals surface area contributed by atoms with Crippen molar-refractivity contribution in [2.75, 3.05) is 40.9 Å². The number of aryl methyl sites for hydroxylation is 1. The van der Waals surface area contributed by atoms with Gasteiger partial charge in [0.1, 0.15) is 0 Å². The van der Waals surface area contributed by atoms with Gasteiger partial charge >= 0.3 is 0 Å². The molecule has 2 aliphatic heterocycles. The SMILES string of the molecule is CCN(CC)c1ccc(-n2c(C)cc(C3C(c4ccccn4)NC(=S)N3c3ccc(N4CC(C)CC(C)C4)c(Cl)c3)c2C)cc1. The van der Waals surface area contributed by atoms with Crippen molar-refractivity contribution in [1.82, 2.24) is 14.9 Å². The average molecular weight is 641 g/mol. The second-order valence-corrected chi connectivity index (χ2v) is 13.6. The molecule has 6 rings (SSSR count). The van der Waals surface area contributed by atoms with Gasteiger partial charge < -0.3 is 24.6 Å². The molecule has 2 fully saturated rings. The van der Waals surface area contributed by atoms with E-state index in [2.05, 4.69) is 121 Å². The van der Waals surface area contributed by atoms with Gasteiger partial charge in [0.15, 0.2) is 5.11 Å². The Kier molecular flexibility index (Phi) is 9.12. The minimum absolute atomic E-state index is 0.112. The number of hydrogen-bond donors (Lipinski definition) is 1. The highest BCUT2D eigenvalue weighted by Crippen LogP contribution is 2.45. The summed E-state index contributed by atoms with van der Waals surface area (Å²) in [7, 11) is 0. The molecule has 4 atom stereocenters. The number of anilines is 3. The topological polar surface area (TPSA) is 39.6 Å². The van der Waals surface area contributed by atoms with E-state index in [9.17, 15) is 0 Å². The second-order valence-electron chi connectivity index (χ2n) is 12.8. The van der Waals surface area contributed by atoms with Gasteiger partial charge in [-0.25, -0.2) is 0 Å². The van der Waals surface area contributed by atoms with Crippen LogP contribution in [0, 0.1) is 25.7 Å². The molecule has 0 aliphatic carbocycles. The van der Waals surface area contributed by atoms with Gasteiger partial charge in [0.05, 0.1) is 28.5 Å². The molecule has 45 heavy (non-hydrogen) atoms. The molecule has 2 aliphatic rings. The van der Waals surface area contributed by atoms with Crippen molar-refractivity contribution in [3.05, 3.63) is 101 Å². The first-order chi connectivity index (χ1) is 21.7. The van der Waals surface area contributed by atoms with Crippen LogP contribution in [0.1, 0.15) is 68.8 Å². The number of thiocarbonyl (C=S) groups is 1. The maximum atomic E-state index is 7.08. The Morgan fingerprint density at radius 2 is 1.62 bits per heavy atom. The number of nitrogens with zero attached hydrogens (tertiary/aromatic N) is 5. The number of nitrogens with one attached hydrogen (secondary N) is 1. The Morgan fingerprint density at radius 1 is 0.933 bits per heavy atom. The summed E-state index contributed by atoms with van der Waals surface area (Å²) in [6.07, 6.45) is 3.11. The minimum atomic E-state index is -0.125. The highest BCUT2D eigenvalue weighted by atomic mass is 35.5. The van der Waals surface area contributed by atoms with E-state index < -0.39 is 0 Å². The molecule has 236 valence electrons. The first-order valence-corrected chi connectivity index (χ1v) is 17.1. The lowest BCUT2D eigenvalue weighted by molar-refractivity contribution is 0.357. The third-order valence-electron chi connectivity index (χ3n) is 9.54. The molecule has 0 spiro atoms. The summed E-state index contributed by atoms with van der Waals surface area (Å²) in [6, 6.07) is 23.5. The van der Waals surface area contributed by atoms with Crippen LogP contribution in [0.3, 0.4) is 0 Å². The van der Waals surface area contributed by atoms with E-state index in [4.69, 9.17) is 28.8 Å². The van der Waals surface area contributed by atoms with Gasteiger partial charge in [-0.2, -0.15) is 0 Å². The molecule has 1 N–H and O–H groups in total. The smallest absolute Gasteiger partial charge is 0.174 e. The van der Waals surface area contributed by atoms with Crippen LogP contribution in [-0.4, -0.2) is 40.8 Å². The fourth-order valence-corrected chi connectivity index (χ4v) is 8.24. The van der Waals surface area contributed by atoms with Crippen molar-refractivity contribution < 1.29 is 0 Å². The molecule has 4 aromatic rings. The summed E-state index contributed by atoms with van der Waals surface area (Å²) in [5.74, 6) is 1.29. The third kappa shape index (κ3) is 6.05. The number of rotatable bonds is 8. The maximum Gasteiger partial charge on any atom is 0.174 e. The van der Waals surface area contributed by atoms with E-state index in [1.165, 1.54) is 29.1 Å². The Hall–Kier alpha value is -3.55. The third-order valence-corrected chi connectivity index (χ3v) is 10.2. The van der Waals surface area contributed by atoms with E-state index >= 15 is 0 Å². The van der Waals surface area contributed by atoms with E-state index in [-0.39, 0.29) is 12.1 Å². The van der Waals surface area contributed by atoms with Gasteiger partial charge in [0, 0.05) is 60.8 Å². The molecule has 2 aromatic heterocycles. The van der Waals surface area contributed by atoms with E-state index in [1.807, 2.05) is 18.3 Å². The van der Waals surface area contributed by atoms with Crippen molar-refractivity contribution in [2.24, 2.45) is 11.8 Å². The lowest BCUT2D eigenvalue weighted by atomic mass is 9.91. The highest BCUT2D eigenvalue weighted by Gasteiger charge is 2.42. The zero-order valence-corrected chi connectivity index (χ0v) is 28.9.